The summed E-state index contributed by atoms with van der Waals surface area (Å²) in [7, 11) is 0. The van der Waals surface area contributed by atoms with Crippen molar-refractivity contribution < 1.29 is 23.8 Å². The van der Waals surface area contributed by atoms with Crippen LogP contribution in [-0.4, -0.2) is 31.7 Å². The van der Waals surface area contributed by atoms with Gasteiger partial charge in [0.25, 0.3) is 5.91 Å². The third-order valence-corrected chi connectivity index (χ3v) is 4.68. The summed E-state index contributed by atoms with van der Waals surface area (Å²) in [5, 5.41) is 6.40. The van der Waals surface area contributed by atoms with E-state index in [1.165, 1.54) is 11.3 Å². The number of fused-ring (bicyclic) bond motifs is 1. The van der Waals surface area contributed by atoms with Crippen LogP contribution >= 0.6 is 11.3 Å². The fraction of sp³-hybridized carbons (Fsp3) is 0.368. The maximum Gasteiger partial charge on any atom is 0.339 e. The molecule has 0 spiro atoms. The first kappa shape index (κ1) is 18.3. The first-order chi connectivity index (χ1) is 12.5. The summed E-state index contributed by atoms with van der Waals surface area (Å²) in [4.78, 5) is 24.1. The molecule has 26 heavy (non-hydrogen) atoms. The van der Waals surface area contributed by atoms with E-state index in [0.717, 1.165) is 5.56 Å². The van der Waals surface area contributed by atoms with Crippen molar-refractivity contribution in [3.63, 3.8) is 0 Å². The van der Waals surface area contributed by atoms with Gasteiger partial charge in [0.1, 0.15) is 13.2 Å². The van der Waals surface area contributed by atoms with Crippen LogP contribution in [0.1, 0.15) is 35.8 Å². The average molecular weight is 375 g/mol. The third kappa shape index (κ3) is 4.35. The molecule has 138 valence electrons. The first-order valence-electron chi connectivity index (χ1n) is 8.43. The minimum Gasteiger partial charge on any atom is -0.486 e. The van der Waals surface area contributed by atoms with E-state index in [-0.39, 0.29) is 24.5 Å². The zero-order valence-electron chi connectivity index (χ0n) is 14.7. The number of thiophene rings is 1. The molecule has 3 rings (SSSR count). The number of carbonyl (C=O) groups excluding carboxylic acids is 2. The summed E-state index contributed by atoms with van der Waals surface area (Å²) < 4.78 is 16.2. The Bertz CT molecular complexity index is 772. The molecule has 1 N–H and O–H groups in total. The maximum atomic E-state index is 12.3. The van der Waals surface area contributed by atoms with Gasteiger partial charge in [0.2, 0.25) is 0 Å². The fourth-order valence-electron chi connectivity index (χ4n) is 2.70. The molecular weight excluding hydrogens is 354 g/mol. The van der Waals surface area contributed by atoms with Crippen molar-refractivity contribution in [3.8, 4) is 11.5 Å². The first-order valence-corrected chi connectivity index (χ1v) is 9.37. The lowest BCUT2D eigenvalue weighted by atomic mass is 9.95. The second kappa shape index (κ2) is 8.23. The van der Waals surface area contributed by atoms with Gasteiger partial charge in [0.05, 0.1) is 11.6 Å². The number of nitrogens with one attached hydrogen (secondary N) is 1. The van der Waals surface area contributed by atoms with Gasteiger partial charge in [-0.05, 0) is 35.1 Å². The van der Waals surface area contributed by atoms with Crippen LogP contribution in [0.3, 0.4) is 0 Å². The van der Waals surface area contributed by atoms with Crippen molar-refractivity contribution >= 4 is 23.2 Å². The van der Waals surface area contributed by atoms with E-state index in [1.807, 2.05) is 32.0 Å². The zero-order chi connectivity index (χ0) is 18.5. The molecule has 2 heterocycles. The van der Waals surface area contributed by atoms with E-state index in [9.17, 15) is 9.59 Å². The van der Waals surface area contributed by atoms with Gasteiger partial charge < -0.3 is 19.5 Å². The van der Waals surface area contributed by atoms with Crippen molar-refractivity contribution in [2.75, 3.05) is 19.8 Å². The lowest BCUT2D eigenvalue weighted by molar-refractivity contribution is -0.125. The molecule has 0 unspecified atom stereocenters. The highest BCUT2D eigenvalue weighted by atomic mass is 32.1. The van der Waals surface area contributed by atoms with Gasteiger partial charge in [-0.2, -0.15) is 11.3 Å². The summed E-state index contributed by atoms with van der Waals surface area (Å²) in [5.74, 6) is 0.689. The summed E-state index contributed by atoms with van der Waals surface area (Å²) in [5.41, 5.74) is 1.37. The molecule has 7 heteroatoms. The number of esters is 1. The molecule has 1 amide bonds. The number of ether oxygens (including phenoxy) is 3. The normalized spacial score (nSPS) is 14.0. The molecule has 1 aliphatic heterocycles. The molecule has 0 fully saturated rings. The Kier molecular flexibility index (Phi) is 5.78. The summed E-state index contributed by atoms with van der Waals surface area (Å²) >= 11 is 1.40. The highest BCUT2D eigenvalue weighted by Crippen LogP contribution is 2.34. The number of benzene rings is 1. The van der Waals surface area contributed by atoms with Gasteiger partial charge in [0, 0.05) is 5.38 Å². The molecular formula is C19H21NO5S. The Labute approximate surface area is 156 Å². The Morgan fingerprint density at radius 1 is 1.19 bits per heavy atom. The van der Waals surface area contributed by atoms with Crippen molar-refractivity contribution in [3.05, 3.63) is 46.2 Å². The van der Waals surface area contributed by atoms with Gasteiger partial charge in [0.15, 0.2) is 18.1 Å². The zero-order valence-corrected chi connectivity index (χ0v) is 15.5. The summed E-state index contributed by atoms with van der Waals surface area (Å²) in [6.07, 6.45) is 0. The molecule has 0 saturated heterocycles. The van der Waals surface area contributed by atoms with Gasteiger partial charge in [-0.15, -0.1) is 0 Å². The van der Waals surface area contributed by atoms with Crippen molar-refractivity contribution in [1.82, 2.24) is 5.32 Å². The van der Waals surface area contributed by atoms with Crippen LogP contribution in [0.4, 0.5) is 0 Å². The monoisotopic (exact) mass is 375 g/mol. The topological polar surface area (TPSA) is 73.9 Å². The van der Waals surface area contributed by atoms with E-state index < -0.39 is 5.97 Å². The highest BCUT2D eigenvalue weighted by Gasteiger charge is 2.22. The molecule has 0 radical (unpaired) electrons. The third-order valence-electron chi connectivity index (χ3n) is 4.00. The van der Waals surface area contributed by atoms with Crippen LogP contribution in [0.5, 0.6) is 11.5 Å². The average Bonchev–Trinajstić information content (AvgIpc) is 3.18. The Morgan fingerprint density at radius 3 is 2.65 bits per heavy atom. The van der Waals surface area contributed by atoms with E-state index in [4.69, 9.17) is 14.2 Å². The molecule has 6 nitrogen and oxygen atoms in total. The van der Waals surface area contributed by atoms with Crippen molar-refractivity contribution in [1.29, 1.82) is 0 Å². The molecule has 1 aromatic carbocycles. The quantitative estimate of drug-likeness (QED) is 0.785. The van der Waals surface area contributed by atoms with E-state index in [2.05, 4.69) is 5.32 Å². The SMILES string of the molecule is CC(C)[C@H](NC(=O)COC(=O)c1ccsc1)c1ccc2c(c1)OCCO2. The Hall–Kier alpha value is -2.54. The van der Waals surface area contributed by atoms with Gasteiger partial charge in [-0.1, -0.05) is 19.9 Å². The number of rotatable bonds is 6. The van der Waals surface area contributed by atoms with Crippen LogP contribution in [0.25, 0.3) is 0 Å². The van der Waals surface area contributed by atoms with Crippen LogP contribution in [0.2, 0.25) is 0 Å². The minimum absolute atomic E-state index is 0.147. The smallest absolute Gasteiger partial charge is 0.339 e. The molecule has 1 atom stereocenters. The highest BCUT2D eigenvalue weighted by molar-refractivity contribution is 7.08. The predicted octanol–water partition coefficient (Wildman–Crippen LogP) is 3.19. The molecule has 1 aliphatic rings. The van der Waals surface area contributed by atoms with Gasteiger partial charge in [-0.25, -0.2) is 4.79 Å². The second-order valence-electron chi connectivity index (χ2n) is 6.28. The van der Waals surface area contributed by atoms with E-state index >= 15 is 0 Å². The Balaban J connectivity index is 1.63. The van der Waals surface area contributed by atoms with Crippen LogP contribution in [-0.2, 0) is 9.53 Å². The second-order valence-corrected chi connectivity index (χ2v) is 7.06. The summed E-state index contributed by atoms with van der Waals surface area (Å²) in [6, 6.07) is 7.09. The minimum atomic E-state index is -0.498. The molecule has 0 saturated carbocycles. The van der Waals surface area contributed by atoms with Crippen molar-refractivity contribution in [2.45, 2.75) is 19.9 Å². The maximum absolute atomic E-state index is 12.3. The number of hydrogen-bond donors (Lipinski definition) is 1. The largest absolute Gasteiger partial charge is 0.486 e. The Morgan fingerprint density at radius 2 is 1.96 bits per heavy atom. The lowest BCUT2D eigenvalue weighted by Crippen LogP contribution is -2.35. The number of carbonyl (C=O) groups is 2. The molecule has 0 aliphatic carbocycles. The van der Waals surface area contributed by atoms with E-state index in [0.29, 0.717) is 30.3 Å². The van der Waals surface area contributed by atoms with Gasteiger partial charge in [-0.3, -0.25) is 4.79 Å². The van der Waals surface area contributed by atoms with Gasteiger partial charge >= 0.3 is 5.97 Å². The summed E-state index contributed by atoms with van der Waals surface area (Å²) in [6.45, 7) is 4.75. The lowest BCUT2D eigenvalue weighted by Gasteiger charge is -2.25. The van der Waals surface area contributed by atoms with Crippen LogP contribution in [0.15, 0.2) is 35.0 Å². The number of amides is 1. The molecule has 0 bridgehead atoms. The number of hydrogen-bond acceptors (Lipinski definition) is 6. The van der Waals surface area contributed by atoms with Crippen molar-refractivity contribution in [2.24, 2.45) is 5.92 Å². The molecule has 2 aromatic rings. The van der Waals surface area contributed by atoms with E-state index in [1.54, 1.807) is 16.8 Å². The predicted molar refractivity (Wildman–Crippen MR) is 97.8 cm³/mol. The molecule has 1 aromatic heterocycles. The standard InChI is InChI=1S/C19H21NO5S/c1-12(2)18(13-3-4-15-16(9-13)24-7-6-23-15)20-17(21)10-25-19(22)14-5-8-26-11-14/h3-5,8-9,11-12,18H,6-7,10H2,1-2H3,(H,20,21)/t18-/m0/s1. The van der Waals surface area contributed by atoms with Crippen LogP contribution < -0.4 is 14.8 Å². The fourth-order valence-corrected chi connectivity index (χ4v) is 3.32. The van der Waals surface area contributed by atoms with Crippen LogP contribution in [0, 0.1) is 5.92 Å².